The zero-order valence-corrected chi connectivity index (χ0v) is 14.1. The lowest BCUT2D eigenvalue weighted by Gasteiger charge is -2.31. The van der Waals surface area contributed by atoms with Crippen molar-refractivity contribution in [3.63, 3.8) is 0 Å². The quantitative estimate of drug-likeness (QED) is 0.758. The molecule has 1 aromatic rings. The van der Waals surface area contributed by atoms with Crippen molar-refractivity contribution in [2.24, 2.45) is 0 Å². The van der Waals surface area contributed by atoms with Gasteiger partial charge in [0.05, 0.1) is 6.26 Å². The van der Waals surface area contributed by atoms with Gasteiger partial charge in [-0.25, -0.2) is 17.5 Å². The number of piperidine rings is 1. The van der Waals surface area contributed by atoms with Crippen molar-refractivity contribution >= 4 is 21.9 Å². The van der Waals surface area contributed by atoms with Crippen LogP contribution in [0.25, 0.3) is 0 Å². The fraction of sp³-hybridized carbons (Fsp3) is 0.467. The van der Waals surface area contributed by atoms with Gasteiger partial charge in [0.25, 0.3) is 5.91 Å². The Labute approximate surface area is 140 Å². The molecule has 1 saturated heterocycles. The molecule has 1 aliphatic heterocycles. The molecule has 1 aromatic carbocycles. The number of benzene rings is 1. The van der Waals surface area contributed by atoms with E-state index in [-0.39, 0.29) is 24.2 Å². The predicted molar refractivity (Wildman–Crippen MR) is 86.5 cm³/mol. The molecule has 1 unspecified atom stereocenters. The van der Waals surface area contributed by atoms with Gasteiger partial charge in [0, 0.05) is 24.7 Å². The molecule has 8 nitrogen and oxygen atoms in total. The van der Waals surface area contributed by atoms with Crippen molar-refractivity contribution < 1.29 is 27.9 Å². The Morgan fingerprint density at radius 2 is 2.17 bits per heavy atom. The highest BCUT2D eigenvalue weighted by molar-refractivity contribution is 7.88. The zero-order valence-electron chi connectivity index (χ0n) is 13.3. The summed E-state index contributed by atoms with van der Waals surface area (Å²) >= 11 is 0. The molecule has 1 fully saturated rings. The van der Waals surface area contributed by atoms with Gasteiger partial charge in [0.1, 0.15) is 5.75 Å². The monoisotopic (exact) mass is 356 g/mol. The van der Waals surface area contributed by atoms with E-state index < -0.39 is 22.6 Å². The van der Waals surface area contributed by atoms with Gasteiger partial charge in [-0.3, -0.25) is 4.79 Å². The molecule has 0 spiro atoms. The largest absolute Gasteiger partial charge is 0.482 e. The standard InChI is InChI=1S/C15H20N2O6S/c1-24(21,22)17-7-3-5-12(9-17)16-15(20)11-4-2-6-13(8-11)23-10-14(18)19/h2,4,6,8,12H,3,5,7,9-10H2,1H3,(H,16,20)(H,18,19). The van der Waals surface area contributed by atoms with Crippen LogP contribution >= 0.6 is 0 Å². The number of rotatable bonds is 6. The molecule has 9 heteroatoms. The van der Waals surface area contributed by atoms with Crippen molar-refractivity contribution in [2.45, 2.75) is 18.9 Å². The highest BCUT2D eigenvalue weighted by Crippen LogP contribution is 2.16. The predicted octanol–water partition coefficient (Wildman–Crippen LogP) is 0.304. The molecule has 24 heavy (non-hydrogen) atoms. The van der Waals surface area contributed by atoms with Gasteiger partial charge in [-0.2, -0.15) is 0 Å². The number of amides is 1. The fourth-order valence-electron chi connectivity index (χ4n) is 2.50. The molecule has 2 N–H and O–H groups in total. The molecular weight excluding hydrogens is 336 g/mol. The van der Waals surface area contributed by atoms with Crippen molar-refractivity contribution in [3.05, 3.63) is 29.8 Å². The van der Waals surface area contributed by atoms with Crippen LogP contribution in [0.3, 0.4) is 0 Å². The number of carboxylic acids is 1. The Morgan fingerprint density at radius 1 is 1.42 bits per heavy atom. The van der Waals surface area contributed by atoms with Crippen LogP contribution < -0.4 is 10.1 Å². The van der Waals surface area contributed by atoms with Crippen LogP contribution in [0.2, 0.25) is 0 Å². The molecule has 1 atom stereocenters. The minimum absolute atomic E-state index is 0.250. The van der Waals surface area contributed by atoms with Crippen LogP contribution in [-0.2, 0) is 14.8 Å². The number of aliphatic carboxylic acids is 1. The normalized spacial score (nSPS) is 18.8. The first-order valence-electron chi connectivity index (χ1n) is 7.46. The van der Waals surface area contributed by atoms with E-state index in [0.29, 0.717) is 24.9 Å². The lowest BCUT2D eigenvalue weighted by atomic mass is 10.1. The van der Waals surface area contributed by atoms with E-state index in [1.54, 1.807) is 18.2 Å². The molecule has 0 aromatic heterocycles. The summed E-state index contributed by atoms with van der Waals surface area (Å²) in [5, 5.41) is 11.4. The smallest absolute Gasteiger partial charge is 0.341 e. The van der Waals surface area contributed by atoms with E-state index >= 15 is 0 Å². The van der Waals surface area contributed by atoms with E-state index in [1.807, 2.05) is 0 Å². The van der Waals surface area contributed by atoms with E-state index in [4.69, 9.17) is 9.84 Å². The summed E-state index contributed by atoms with van der Waals surface area (Å²) in [4.78, 5) is 22.8. The van der Waals surface area contributed by atoms with Crippen molar-refractivity contribution in [1.82, 2.24) is 9.62 Å². The molecule has 1 aliphatic rings. The van der Waals surface area contributed by atoms with Crippen LogP contribution in [0, 0.1) is 0 Å². The van der Waals surface area contributed by atoms with Gasteiger partial charge in [0.15, 0.2) is 6.61 Å². The average Bonchev–Trinajstić information content (AvgIpc) is 2.52. The number of ether oxygens (including phenoxy) is 1. The Morgan fingerprint density at radius 3 is 2.83 bits per heavy atom. The topological polar surface area (TPSA) is 113 Å². The molecule has 0 bridgehead atoms. The molecule has 0 saturated carbocycles. The van der Waals surface area contributed by atoms with Crippen molar-refractivity contribution in [3.8, 4) is 5.75 Å². The van der Waals surface area contributed by atoms with E-state index in [9.17, 15) is 18.0 Å². The number of hydrogen-bond acceptors (Lipinski definition) is 5. The SMILES string of the molecule is CS(=O)(=O)N1CCCC(NC(=O)c2cccc(OCC(=O)O)c2)C1. The minimum Gasteiger partial charge on any atom is -0.482 e. The van der Waals surface area contributed by atoms with E-state index in [2.05, 4.69) is 5.32 Å². The van der Waals surface area contributed by atoms with Crippen LogP contribution in [0.5, 0.6) is 5.75 Å². The summed E-state index contributed by atoms with van der Waals surface area (Å²) in [5.74, 6) is -1.17. The fourth-order valence-corrected chi connectivity index (χ4v) is 3.41. The van der Waals surface area contributed by atoms with Gasteiger partial charge >= 0.3 is 5.97 Å². The van der Waals surface area contributed by atoms with Gasteiger partial charge < -0.3 is 15.2 Å². The lowest BCUT2D eigenvalue weighted by Crippen LogP contribution is -2.49. The second-order valence-electron chi connectivity index (χ2n) is 5.64. The van der Waals surface area contributed by atoms with Crippen molar-refractivity contribution in [2.75, 3.05) is 26.0 Å². The van der Waals surface area contributed by atoms with Crippen LogP contribution in [0.4, 0.5) is 0 Å². The molecular formula is C15H20N2O6S. The Bertz CT molecular complexity index is 718. The second kappa shape index (κ2) is 7.63. The van der Waals surface area contributed by atoms with Gasteiger partial charge in [-0.15, -0.1) is 0 Å². The summed E-state index contributed by atoms with van der Waals surface area (Å²) in [6, 6.07) is 5.93. The number of hydrogen-bond donors (Lipinski definition) is 2. The molecule has 1 amide bonds. The molecule has 0 aliphatic carbocycles. The first-order chi connectivity index (χ1) is 11.3. The van der Waals surface area contributed by atoms with E-state index in [1.165, 1.54) is 10.4 Å². The molecule has 1 heterocycles. The maximum Gasteiger partial charge on any atom is 0.341 e. The lowest BCUT2D eigenvalue weighted by molar-refractivity contribution is -0.139. The van der Waals surface area contributed by atoms with Crippen molar-refractivity contribution in [1.29, 1.82) is 0 Å². The number of sulfonamides is 1. The first-order valence-corrected chi connectivity index (χ1v) is 9.31. The maximum absolute atomic E-state index is 12.3. The molecule has 2 rings (SSSR count). The summed E-state index contributed by atoms with van der Waals surface area (Å²) in [5.41, 5.74) is 0.328. The van der Waals surface area contributed by atoms with Gasteiger partial charge in [0.2, 0.25) is 10.0 Å². The third kappa shape index (κ3) is 5.20. The Hall–Kier alpha value is -2.13. The zero-order chi connectivity index (χ0) is 17.7. The highest BCUT2D eigenvalue weighted by Gasteiger charge is 2.27. The maximum atomic E-state index is 12.3. The van der Waals surface area contributed by atoms with Gasteiger partial charge in [-0.1, -0.05) is 6.07 Å². The number of nitrogens with one attached hydrogen (secondary N) is 1. The Balaban J connectivity index is 1.99. The summed E-state index contributed by atoms with van der Waals surface area (Å²) in [6.07, 6.45) is 2.53. The first kappa shape index (κ1) is 18.2. The summed E-state index contributed by atoms with van der Waals surface area (Å²) in [6.45, 7) is 0.223. The average molecular weight is 356 g/mol. The number of nitrogens with zero attached hydrogens (tertiary/aromatic N) is 1. The molecule has 132 valence electrons. The summed E-state index contributed by atoms with van der Waals surface area (Å²) < 4.78 is 29.6. The summed E-state index contributed by atoms with van der Waals surface area (Å²) in [7, 11) is -3.28. The van der Waals surface area contributed by atoms with Crippen LogP contribution in [0.1, 0.15) is 23.2 Å². The number of carbonyl (C=O) groups is 2. The van der Waals surface area contributed by atoms with Crippen LogP contribution in [-0.4, -0.2) is 61.7 Å². The molecule has 0 radical (unpaired) electrons. The Kier molecular flexibility index (Phi) is 5.79. The highest BCUT2D eigenvalue weighted by atomic mass is 32.2. The van der Waals surface area contributed by atoms with Crippen LogP contribution in [0.15, 0.2) is 24.3 Å². The van der Waals surface area contributed by atoms with E-state index in [0.717, 1.165) is 6.26 Å². The third-order valence-electron chi connectivity index (χ3n) is 3.65. The second-order valence-corrected chi connectivity index (χ2v) is 7.63. The third-order valence-corrected chi connectivity index (χ3v) is 4.92. The minimum atomic E-state index is -3.28. The van der Waals surface area contributed by atoms with Gasteiger partial charge in [-0.05, 0) is 31.0 Å². The number of carbonyl (C=O) groups excluding carboxylic acids is 1. The number of carboxylic acid groups (broad SMARTS) is 1.